The Labute approximate surface area is 152 Å². The van der Waals surface area contributed by atoms with Gasteiger partial charge in [-0.25, -0.2) is 0 Å². The Kier molecular flexibility index (Phi) is 7.35. The van der Waals surface area contributed by atoms with Gasteiger partial charge in [-0.15, -0.1) is 0 Å². The van der Waals surface area contributed by atoms with Crippen molar-refractivity contribution in [2.24, 2.45) is 0 Å². The second kappa shape index (κ2) is 9.50. The molecule has 0 fully saturated rings. The van der Waals surface area contributed by atoms with Gasteiger partial charge in [0.05, 0.1) is 11.6 Å². The molecule has 0 radical (unpaired) electrons. The minimum atomic E-state index is 0.0114. The van der Waals surface area contributed by atoms with Gasteiger partial charge in [-0.2, -0.15) is 0 Å². The molecule has 2 rings (SSSR count). The van der Waals surface area contributed by atoms with Crippen LogP contribution < -0.4 is 10.1 Å². The number of hydrogen-bond donors (Lipinski definition) is 1. The molecule has 2 aromatic rings. The standard InChI is InChI=1S/C18H20Cl2N2O2/c1-13-7-9-21-12-14(13)8-10-22-17(23)6-3-11-24-16-5-2-4-15(19)18(16)20/h2,4-5,7,9,12H,3,6,8,10-11H2,1H3,(H,22,23). The van der Waals surface area contributed by atoms with E-state index >= 15 is 0 Å². The number of aryl methyl sites for hydroxylation is 1. The number of amides is 1. The molecular formula is C18H20Cl2N2O2. The number of rotatable bonds is 8. The van der Waals surface area contributed by atoms with Crippen LogP contribution in [0.2, 0.25) is 10.0 Å². The van der Waals surface area contributed by atoms with Gasteiger partial charge in [-0.05, 0) is 49.1 Å². The number of nitrogens with zero attached hydrogens (tertiary/aromatic N) is 1. The van der Waals surface area contributed by atoms with Gasteiger partial charge in [0.2, 0.25) is 5.91 Å². The molecule has 0 saturated carbocycles. The van der Waals surface area contributed by atoms with E-state index in [4.69, 9.17) is 27.9 Å². The molecule has 24 heavy (non-hydrogen) atoms. The van der Waals surface area contributed by atoms with E-state index in [0.717, 1.165) is 12.0 Å². The molecular weight excluding hydrogens is 347 g/mol. The molecule has 128 valence electrons. The number of halogens is 2. The first kappa shape index (κ1) is 18.6. The molecule has 1 aromatic heterocycles. The molecule has 6 heteroatoms. The number of hydrogen-bond acceptors (Lipinski definition) is 3. The Morgan fingerprint density at radius 1 is 1.29 bits per heavy atom. The molecule has 1 N–H and O–H groups in total. The maximum atomic E-state index is 11.8. The lowest BCUT2D eigenvalue weighted by atomic mass is 10.1. The summed E-state index contributed by atoms with van der Waals surface area (Å²) in [5.41, 5.74) is 2.34. The van der Waals surface area contributed by atoms with Crippen LogP contribution in [0.3, 0.4) is 0 Å². The van der Waals surface area contributed by atoms with Crippen molar-refractivity contribution in [1.82, 2.24) is 10.3 Å². The summed E-state index contributed by atoms with van der Waals surface area (Å²) in [7, 11) is 0. The van der Waals surface area contributed by atoms with Gasteiger partial charge < -0.3 is 10.1 Å². The van der Waals surface area contributed by atoms with E-state index in [9.17, 15) is 4.79 Å². The highest BCUT2D eigenvalue weighted by molar-refractivity contribution is 6.42. The van der Waals surface area contributed by atoms with Crippen LogP contribution in [0.4, 0.5) is 0 Å². The van der Waals surface area contributed by atoms with Crippen LogP contribution in [0.15, 0.2) is 36.7 Å². The molecule has 0 unspecified atom stereocenters. The van der Waals surface area contributed by atoms with Crippen LogP contribution in [0.1, 0.15) is 24.0 Å². The topological polar surface area (TPSA) is 51.2 Å². The molecule has 0 atom stereocenters. The van der Waals surface area contributed by atoms with Crippen molar-refractivity contribution in [3.63, 3.8) is 0 Å². The Morgan fingerprint density at radius 3 is 2.92 bits per heavy atom. The Hall–Kier alpha value is -1.78. The predicted octanol–water partition coefficient (Wildman–Crippen LogP) is 4.21. The van der Waals surface area contributed by atoms with Gasteiger partial charge in [-0.3, -0.25) is 9.78 Å². The third-order valence-corrected chi connectivity index (χ3v) is 4.39. The van der Waals surface area contributed by atoms with E-state index in [2.05, 4.69) is 10.3 Å². The van der Waals surface area contributed by atoms with E-state index < -0.39 is 0 Å². The molecule has 1 heterocycles. The molecule has 0 bridgehead atoms. The van der Waals surface area contributed by atoms with Gasteiger partial charge in [0.15, 0.2) is 0 Å². The molecule has 4 nitrogen and oxygen atoms in total. The van der Waals surface area contributed by atoms with E-state index in [1.165, 1.54) is 5.56 Å². The van der Waals surface area contributed by atoms with E-state index in [1.54, 1.807) is 24.4 Å². The summed E-state index contributed by atoms with van der Waals surface area (Å²) < 4.78 is 5.55. The first-order valence-electron chi connectivity index (χ1n) is 7.81. The molecule has 0 aliphatic heterocycles. The molecule has 0 spiro atoms. The number of benzene rings is 1. The summed E-state index contributed by atoms with van der Waals surface area (Å²) in [6.07, 6.45) is 5.40. The minimum absolute atomic E-state index is 0.0114. The number of carbonyl (C=O) groups excluding carboxylic acids is 1. The number of aromatic nitrogens is 1. The number of ether oxygens (including phenoxy) is 1. The van der Waals surface area contributed by atoms with Gasteiger partial charge in [0.1, 0.15) is 10.8 Å². The monoisotopic (exact) mass is 366 g/mol. The van der Waals surface area contributed by atoms with E-state index in [1.807, 2.05) is 19.2 Å². The summed E-state index contributed by atoms with van der Waals surface area (Å²) >= 11 is 11.9. The van der Waals surface area contributed by atoms with Gasteiger partial charge in [0.25, 0.3) is 0 Å². The van der Waals surface area contributed by atoms with E-state index in [-0.39, 0.29) is 5.91 Å². The average molecular weight is 367 g/mol. The zero-order valence-corrected chi connectivity index (χ0v) is 15.0. The normalized spacial score (nSPS) is 10.5. The first-order chi connectivity index (χ1) is 11.6. The SMILES string of the molecule is Cc1ccncc1CCNC(=O)CCCOc1cccc(Cl)c1Cl. The second-order valence-electron chi connectivity index (χ2n) is 5.41. The van der Waals surface area contributed by atoms with Crippen molar-refractivity contribution < 1.29 is 9.53 Å². The number of nitrogens with one attached hydrogen (secondary N) is 1. The van der Waals surface area contributed by atoms with Crippen molar-refractivity contribution in [1.29, 1.82) is 0 Å². The lowest BCUT2D eigenvalue weighted by Gasteiger charge is -2.09. The summed E-state index contributed by atoms with van der Waals surface area (Å²) in [5, 5.41) is 3.76. The van der Waals surface area contributed by atoms with Crippen molar-refractivity contribution in [2.75, 3.05) is 13.2 Å². The molecule has 0 aliphatic rings. The quantitative estimate of drug-likeness (QED) is 0.711. The van der Waals surface area contributed by atoms with Crippen molar-refractivity contribution in [2.45, 2.75) is 26.2 Å². The summed E-state index contributed by atoms with van der Waals surface area (Å²) in [6, 6.07) is 7.20. The Morgan fingerprint density at radius 2 is 2.12 bits per heavy atom. The van der Waals surface area contributed by atoms with Crippen LogP contribution in [0.5, 0.6) is 5.75 Å². The second-order valence-corrected chi connectivity index (χ2v) is 6.19. The minimum Gasteiger partial charge on any atom is -0.492 e. The van der Waals surface area contributed by atoms with Crippen molar-refractivity contribution >= 4 is 29.1 Å². The number of carbonyl (C=O) groups is 1. The largest absolute Gasteiger partial charge is 0.492 e. The molecule has 0 aliphatic carbocycles. The lowest BCUT2D eigenvalue weighted by Crippen LogP contribution is -2.26. The highest BCUT2D eigenvalue weighted by Crippen LogP contribution is 2.31. The van der Waals surface area contributed by atoms with Crippen LogP contribution in [0.25, 0.3) is 0 Å². The van der Waals surface area contributed by atoms with Crippen molar-refractivity contribution in [3.8, 4) is 5.75 Å². The summed E-state index contributed by atoms with van der Waals surface area (Å²) in [4.78, 5) is 15.9. The van der Waals surface area contributed by atoms with Crippen molar-refractivity contribution in [3.05, 3.63) is 57.8 Å². The lowest BCUT2D eigenvalue weighted by molar-refractivity contribution is -0.121. The van der Waals surface area contributed by atoms with Crippen LogP contribution in [0, 0.1) is 6.92 Å². The van der Waals surface area contributed by atoms with Gasteiger partial charge in [0, 0.05) is 25.4 Å². The average Bonchev–Trinajstić information content (AvgIpc) is 2.57. The van der Waals surface area contributed by atoms with E-state index in [0.29, 0.717) is 41.8 Å². The highest BCUT2D eigenvalue weighted by atomic mass is 35.5. The third-order valence-electron chi connectivity index (χ3n) is 3.59. The molecule has 1 amide bonds. The summed E-state index contributed by atoms with van der Waals surface area (Å²) in [5.74, 6) is 0.550. The first-order valence-corrected chi connectivity index (χ1v) is 8.56. The fourth-order valence-electron chi connectivity index (χ4n) is 2.19. The smallest absolute Gasteiger partial charge is 0.220 e. The number of pyridine rings is 1. The Balaban J connectivity index is 1.63. The predicted molar refractivity (Wildman–Crippen MR) is 96.9 cm³/mol. The summed E-state index contributed by atoms with van der Waals surface area (Å²) in [6.45, 7) is 3.05. The fraction of sp³-hybridized carbons (Fsp3) is 0.333. The molecule has 1 aromatic carbocycles. The zero-order valence-electron chi connectivity index (χ0n) is 13.5. The van der Waals surface area contributed by atoms with Crippen LogP contribution in [-0.4, -0.2) is 24.0 Å². The van der Waals surface area contributed by atoms with Gasteiger partial charge >= 0.3 is 0 Å². The molecule has 0 saturated heterocycles. The maximum Gasteiger partial charge on any atom is 0.220 e. The highest BCUT2D eigenvalue weighted by Gasteiger charge is 2.06. The van der Waals surface area contributed by atoms with Crippen LogP contribution >= 0.6 is 23.2 Å². The van der Waals surface area contributed by atoms with Gasteiger partial charge in [-0.1, -0.05) is 29.3 Å². The fourth-order valence-corrected chi connectivity index (χ4v) is 2.54. The third kappa shape index (κ3) is 5.69. The maximum absolute atomic E-state index is 11.8. The zero-order chi connectivity index (χ0) is 17.4. The Bertz CT molecular complexity index is 692. The van der Waals surface area contributed by atoms with Crippen LogP contribution in [-0.2, 0) is 11.2 Å².